The standard InChI is InChI=1S/C32H33Cl2N4O3.CH3.U/c1-20(2)37-18-17-36(19-28(37)39)32(40)38-30(23-11-15-25(34)16-12-23)29(22-9-13-24(33)14-10-22)35-31(38)26-7-5-6-8-27(26)41-21(3)4;;/h5,7-16,20-21,29-30H,17-19H2,1-4H3;1H3;/q2*-1;+2/t29-,30+;;/m0../s1. The van der Waals surface area contributed by atoms with Crippen LogP contribution < -0.4 is 4.74 Å². The fraction of sp³-hybridized carbons (Fsp3) is 0.333. The molecule has 0 saturated carbocycles. The summed E-state index contributed by atoms with van der Waals surface area (Å²) >= 11 is 12.5. The second kappa shape index (κ2) is 15.0. The van der Waals surface area contributed by atoms with Crippen molar-refractivity contribution in [2.24, 2.45) is 4.99 Å². The Morgan fingerprint density at radius 3 is 2.12 bits per heavy atom. The molecule has 2 heterocycles. The Morgan fingerprint density at radius 1 is 0.953 bits per heavy atom. The first-order valence-corrected chi connectivity index (χ1v) is 14.5. The van der Waals surface area contributed by atoms with E-state index in [0.717, 1.165) is 11.1 Å². The second-order valence-electron chi connectivity index (χ2n) is 10.8. The number of rotatable bonds is 6. The molecule has 7 nitrogen and oxygen atoms in total. The molecule has 2 atom stereocenters. The molecule has 0 aliphatic carbocycles. The number of ether oxygens (including phenoxy) is 1. The molecule has 1 fully saturated rings. The molecule has 3 aromatic carbocycles. The molecule has 0 spiro atoms. The fourth-order valence-corrected chi connectivity index (χ4v) is 5.61. The maximum absolute atomic E-state index is 14.5. The summed E-state index contributed by atoms with van der Waals surface area (Å²) in [4.78, 5) is 37.9. The zero-order valence-electron chi connectivity index (χ0n) is 25.1. The zero-order valence-corrected chi connectivity index (χ0v) is 30.7. The minimum atomic E-state index is -0.509. The Kier molecular flexibility index (Phi) is 12.2. The van der Waals surface area contributed by atoms with E-state index in [-0.39, 0.29) is 69.2 Å². The van der Waals surface area contributed by atoms with Gasteiger partial charge < -0.3 is 22.0 Å². The van der Waals surface area contributed by atoms with Crippen LogP contribution in [0.1, 0.15) is 56.5 Å². The largest absolute Gasteiger partial charge is 2.00 e. The van der Waals surface area contributed by atoms with Gasteiger partial charge in [0, 0.05) is 34.9 Å². The van der Waals surface area contributed by atoms with Gasteiger partial charge >= 0.3 is 37.1 Å². The van der Waals surface area contributed by atoms with E-state index in [1.165, 1.54) is 0 Å². The van der Waals surface area contributed by atoms with Crippen LogP contribution in [0.15, 0.2) is 71.7 Å². The van der Waals surface area contributed by atoms with Gasteiger partial charge in [0.25, 0.3) is 0 Å². The number of carbonyl (C=O) groups excluding carboxylic acids is 2. The van der Waals surface area contributed by atoms with Gasteiger partial charge in [-0.25, -0.2) is 4.79 Å². The molecule has 10 heteroatoms. The topological polar surface area (TPSA) is 65.5 Å². The van der Waals surface area contributed by atoms with Crippen molar-refractivity contribution >= 4 is 41.0 Å². The van der Waals surface area contributed by atoms with Crippen molar-refractivity contribution in [1.29, 1.82) is 0 Å². The van der Waals surface area contributed by atoms with Gasteiger partial charge in [0.15, 0.2) is 0 Å². The summed E-state index contributed by atoms with van der Waals surface area (Å²) in [6.07, 6.45) is -0.100. The van der Waals surface area contributed by atoms with Crippen LogP contribution in [0.4, 0.5) is 4.79 Å². The number of amidine groups is 1. The van der Waals surface area contributed by atoms with Crippen LogP contribution in [0.5, 0.6) is 5.75 Å². The third-order valence-corrected chi connectivity index (χ3v) is 7.78. The predicted octanol–water partition coefficient (Wildman–Crippen LogP) is 7.25. The molecule has 0 unspecified atom stereocenters. The third-order valence-electron chi connectivity index (χ3n) is 7.28. The summed E-state index contributed by atoms with van der Waals surface area (Å²) in [7, 11) is 0. The Labute approximate surface area is 288 Å². The number of aliphatic imine (C=N–C) groups is 1. The maximum atomic E-state index is 14.5. The minimum Gasteiger partial charge on any atom is -0.548 e. The Balaban J connectivity index is 0.00000253. The van der Waals surface area contributed by atoms with Crippen molar-refractivity contribution in [2.45, 2.75) is 51.9 Å². The monoisotopic (exact) mass is 844 g/mol. The number of urea groups is 1. The summed E-state index contributed by atoms with van der Waals surface area (Å²) in [5.74, 6) is 0.970. The van der Waals surface area contributed by atoms with E-state index < -0.39 is 12.1 Å². The van der Waals surface area contributed by atoms with Gasteiger partial charge in [0.05, 0.1) is 12.1 Å². The Hall–Kier alpha value is -2.50. The summed E-state index contributed by atoms with van der Waals surface area (Å²) in [6.45, 7) is 8.75. The van der Waals surface area contributed by atoms with Crippen molar-refractivity contribution in [3.8, 4) is 5.75 Å². The molecule has 0 aromatic heterocycles. The molecule has 224 valence electrons. The first-order chi connectivity index (χ1) is 19.6. The van der Waals surface area contributed by atoms with Crippen molar-refractivity contribution in [3.63, 3.8) is 0 Å². The predicted molar refractivity (Wildman–Crippen MR) is 168 cm³/mol. The van der Waals surface area contributed by atoms with Crippen LogP contribution in [0.3, 0.4) is 0 Å². The van der Waals surface area contributed by atoms with E-state index in [1.807, 2.05) is 82.3 Å². The van der Waals surface area contributed by atoms with Crippen LogP contribution in [0.25, 0.3) is 0 Å². The number of benzene rings is 3. The van der Waals surface area contributed by atoms with Gasteiger partial charge in [-0.3, -0.25) is 14.7 Å². The van der Waals surface area contributed by atoms with Crippen LogP contribution in [0.2, 0.25) is 10.0 Å². The van der Waals surface area contributed by atoms with Gasteiger partial charge in [-0.1, -0.05) is 53.0 Å². The first-order valence-electron chi connectivity index (χ1n) is 13.8. The van der Waals surface area contributed by atoms with Crippen LogP contribution in [-0.2, 0) is 4.79 Å². The van der Waals surface area contributed by atoms with E-state index in [9.17, 15) is 9.59 Å². The maximum Gasteiger partial charge on any atom is 2.00 e. The van der Waals surface area contributed by atoms with Gasteiger partial charge in [-0.05, 0) is 63.1 Å². The van der Waals surface area contributed by atoms with Gasteiger partial charge in [0.1, 0.15) is 18.4 Å². The van der Waals surface area contributed by atoms with Crippen LogP contribution in [0, 0.1) is 44.6 Å². The fourth-order valence-electron chi connectivity index (χ4n) is 5.35. The first kappa shape index (κ1) is 35.0. The average molecular weight is 846 g/mol. The number of hydrogen-bond acceptors (Lipinski definition) is 4. The molecule has 0 bridgehead atoms. The molecule has 43 heavy (non-hydrogen) atoms. The molecule has 3 aromatic rings. The minimum absolute atomic E-state index is 0. The quantitative estimate of drug-likeness (QED) is 0.246. The van der Waals surface area contributed by atoms with Crippen molar-refractivity contribution in [3.05, 3.63) is 107 Å². The smallest absolute Gasteiger partial charge is 0.548 e. The van der Waals surface area contributed by atoms with E-state index in [0.29, 0.717) is 40.3 Å². The number of carbonyl (C=O) groups is 2. The summed E-state index contributed by atoms with van der Waals surface area (Å²) < 4.78 is 6.14. The average Bonchev–Trinajstić information content (AvgIpc) is 3.33. The van der Waals surface area contributed by atoms with Gasteiger partial charge in [0.2, 0.25) is 5.91 Å². The Bertz CT molecular complexity index is 1450. The van der Waals surface area contributed by atoms with E-state index in [1.54, 1.807) is 26.8 Å². The van der Waals surface area contributed by atoms with Crippen LogP contribution >= 0.6 is 23.2 Å². The Morgan fingerprint density at radius 2 is 1.56 bits per heavy atom. The normalized spacial score (nSPS) is 18.4. The number of hydrogen-bond donors (Lipinski definition) is 0. The van der Waals surface area contributed by atoms with E-state index in [2.05, 4.69) is 6.07 Å². The van der Waals surface area contributed by atoms with E-state index in [4.69, 9.17) is 32.9 Å². The molecular formula is C33H36Cl2N4O3U. The molecule has 0 radical (unpaired) electrons. The number of amides is 3. The third kappa shape index (κ3) is 7.60. The van der Waals surface area contributed by atoms with Gasteiger partial charge in [-0.2, -0.15) is 18.2 Å². The van der Waals surface area contributed by atoms with Crippen molar-refractivity contribution in [1.82, 2.24) is 14.7 Å². The van der Waals surface area contributed by atoms with Crippen molar-refractivity contribution in [2.75, 3.05) is 19.6 Å². The molecule has 1 saturated heterocycles. The molecule has 3 amide bonds. The van der Waals surface area contributed by atoms with Crippen molar-refractivity contribution < 1.29 is 45.4 Å². The summed E-state index contributed by atoms with van der Waals surface area (Å²) in [6, 6.07) is 22.3. The zero-order chi connectivity index (χ0) is 29.3. The molecule has 0 N–H and O–H groups in total. The molecular weight excluding hydrogens is 809 g/mol. The molecule has 2 aliphatic rings. The number of nitrogens with zero attached hydrogens (tertiary/aromatic N) is 4. The summed E-state index contributed by atoms with van der Waals surface area (Å²) in [5, 5.41) is 1.20. The van der Waals surface area contributed by atoms with Crippen LogP contribution in [-0.4, -0.2) is 64.3 Å². The number of halogens is 2. The molecule has 5 rings (SSSR count). The molecule has 2 aliphatic heterocycles. The number of piperazine rings is 1. The SMILES string of the molecule is CC(C)Oc1c[c-]ccc1C1=N[C@@H](c2ccc(Cl)cc2)[C@@H](c2ccc(Cl)cc2)N1C(=O)N1CCN(C(C)C)C(=O)C1.[CH3-].[U+2]. The second-order valence-corrected chi connectivity index (χ2v) is 11.7. The summed E-state index contributed by atoms with van der Waals surface area (Å²) in [5.41, 5.74) is 2.44. The van der Waals surface area contributed by atoms with Gasteiger partial charge in [-0.15, -0.1) is 6.07 Å². The van der Waals surface area contributed by atoms with E-state index >= 15 is 0 Å².